The van der Waals surface area contributed by atoms with Crippen molar-refractivity contribution in [3.8, 4) is 0 Å². The van der Waals surface area contributed by atoms with Crippen LogP contribution in [0.2, 0.25) is 0 Å². The van der Waals surface area contributed by atoms with Gasteiger partial charge in [-0.2, -0.15) is 0 Å². The molecule has 0 aliphatic heterocycles. The Morgan fingerprint density at radius 3 is 2.62 bits per heavy atom. The molecule has 1 atom stereocenters. The zero-order valence-electron chi connectivity index (χ0n) is 13.3. The van der Waals surface area contributed by atoms with Gasteiger partial charge in [0.1, 0.15) is 0 Å². The van der Waals surface area contributed by atoms with Crippen LogP contribution in [0.5, 0.6) is 0 Å². The molecule has 0 aliphatic carbocycles. The van der Waals surface area contributed by atoms with E-state index in [0.717, 1.165) is 26.2 Å². The number of methoxy groups -OCH3 is 1. The van der Waals surface area contributed by atoms with Crippen molar-refractivity contribution < 1.29 is 4.74 Å². The van der Waals surface area contributed by atoms with Gasteiger partial charge < -0.3 is 15.0 Å². The third-order valence-electron chi connectivity index (χ3n) is 3.89. The van der Waals surface area contributed by atoms with Gasteiger partial charge in [-0.05, 0) is 36.4 Å². The molecule has 0 bridgehead atoms. The second kappa shape index (κ2) is 8.13. The summed E-state index contributed by atoms with van der Waals surface area (Å²) in [5.41, 5.74) is 1.34. The Balaban J connectivity index is 1.85. The molecule has 1 N–H and O–H groups in total. The molecule has 3 nitrogen and oxygen atoms in total. The predicted molar refractivity (Wildman–Crippen MR) is 89.7 cm³/mol. The van der Waals surface area contributed by atoms with Crippen LogP contribution in [0, 0.1) is 0 Å². The highest BCUT2D eigenvalue weighted by atomic mass is 16.5. The number of fused-ring (bicyclic) bond motifs is 1. The molecule has 0 fully saturated rings. The molecule has 3 heteroatoms. The number of likely N-dealkylation sites (N-methyl/N-ethyl adjacent to an activating group) is 1. The Labute approximate surface area is 127 Å². The molecular formula is C18H26N2O. The lowest BCUT2D eigenvalue weighted by Gasteiger charge is -2.19. The minimum atomic E-state index is 0.366. The average Bonchev–Trinajstić information content (AvgIpc) is 2.52. The van der Waals surface area contributed by atoms with Crippen molar-refractivity contribution in [3.05, 3.63) is 48.0 Å². The van der Waals surface area contributed by atoms with Crippen molar-refractivity contribution in [3.63, 3.8) is 0 Å². The van der Waals surface area contributed by atoms with E-state index in [-0.39, 0.29) is 0 Å². The van der Waals surface area contributed by atoms with Crippen molar-refractivity contribution in [2.24, 2.45) is 0 Å². The largest absolute Gasteiger partial charge is 0.383 e. The molecule has 0 radical (unpaired) electrons. The fraction of sp³-hybridized carbons (Fsp3) is 0.444. The Kier molecular flexibility index (Phi) is 6.18. The van der Waals surface area contributed by atoms with Crippen molar-refractivity contribution >= 4 is 10.8 Å². The van der Waals surface area contributed by atoms with Crippen LogP contribution in [0.3, 0.4) is 0 Å². The maximum atomic E-state index is 5.09. The van der Waals surface area contributed by atoms with Crippen LogP contribution in [0.1, 0.15) is 18.5 Å². The molecule has 0 aliphatic rings. The lowest BCUT2D eigenvalue weighted by Crippen LogP contribution is -2.32. The van der Waals surface area contributed by atoms with Gasteiger partial charge in [-0.3, -0.25) is 0 Å². The second-order valence-corrected chi connectivity index (χ2v) is 5.58. The summed E-state index contributed by atoms with van der Waals surface area (Å²) in [4.78, 5) is 2.28. The first-order chi connectivity index (χ1) is 10.2. The van der Waals surface area contributed by atoms with E-state index in [4.69, 9.17) is 4.74 Å². The standard InChI is InChI=1S/C18H26N2O/c1-15(19-10-11-20(2)12-13-21-3)17-9-8-16-6-4-5-7-18(16)14-17/h4-9,14-15,19H,10-13H2,1-3H3. The number of nitrogens with one attached hydrogen (secondary N) is 1. The molecular weight excluding hydrogens is 260 g/mol. The molecule has 0 spiro atoms. The third-order valence-corrected chi connectivity index (χ3v) is 3.89. The van der Waals surface area contributed by atoms with Crippen LogP contribution < -0.4 is 5.32 Å². The smallest absolute Gasteiger partial charge is 0.0589 e. The van der Waals surface area contributed by atoms with Crippen LogP contribution in [-0.2, 0) is 4.74 Å². The maximum Gasteiger partial charge on any atom is 0.0589 e. The summed E-state index contributed by atoms with van der Waals surface area (Å²) in [6, 6.07) is 15.6. The number of nitrogens with zero attached hydrogens (tertiary/aromatic N) is 1. The van der Waals surface area contributed by atoms with Crippen LogP contribution >= 0.6 is 0 Å². The van der Waals surface area contributed by atoms with Crippen molar-refractivity contribution in [1.29, 1.82) is 0 Å². The average molecular weight is 286 g/mol. The summed E-state index contributed by atoms with van der Waals surface area (Å²) in [7, 11) is 3.87. The first kappa shape index (κ1) is 16.0. The molecule has 114 valence electrons. The maximum absolute atomic E-state index is 5.09. The normalized spacial score (nSPS) is 13.0. The highest BCUT2D eigenvalue weighted by molar-refractivity contribution is 5.83. The Bertz CT molecular complexity index is 556. The molecule has 0 heterocycles. The fourth-order valence-corrected chi connectivity index (χ4v) is 2.43. The highest BCUT2D eigenvalue weighted by Crippen LogP contribution is 2.19. The lowest BCUT2D eigenvalue weighted by atomic mass is 10.0. The predicted octanol–water partition coefficient (Wildman–Crippen LogP) is 3.07. The highest BCUT2D eigenvalue weighted by Gasteiger charge is 2.06. The van der Waals surface area contributed by atoms with E-state index < -0.39 is 0 Å². The molecule has 21 heavy (non-hydrogen) atoms. The SMILES string of the molecule is COCCN(C)CCNC(C)c1ccc2ccccc2c1. The van der Waals surface area contributed by atoms with Gasteiger partial charge in [0.15, 0.2) is 0 Å². The third kappa shape index (κ3) is 4.81. The Morgan fingerprint density at radius 1 is 1.10 bits per heavy atom. The summed E-state index contributed by atoms with van der Waals surface area (Å²) >= 11 is 0. The van der Waals surface area contributed by atoms with E-state index in [1.54, 1.807) is 7.11 Å². The first-order valence-electron chi connectivity index (χ1n) is 7.60. The van der Waals surface area contributed by atoms with Crippen LogP contribution in [-0.4, -0.2) is 45.3 Å². The summed E-state index contributed by atoms with van der Waals surface area (Å²) in [5.74, 6) is 0. The number of ether oxygens (including phenoxy) is 1. The Hall–Kier alpha value is -1.42. The van der Waals surface area contributed by atoms with Gasteiger partial charge in [-0.1, -0.05) is 36.4 Å². The molecule has 2 rings (SSSR count). The second-order valence-electron chi connectivity index (χ2n) is 5.58. The van der Waals surface area contributed by atoms with Gasteiger partial charge in [0.25, 0.3) is 0 Å². The molecule has 0 aromatic heterocycles. The van der Waals surface area contributed by atoms with Gasteiger partial charge in [-0.25, -0.2) is 0 Å². The van der Waals surface area contributed by atoms with Crippen LogP contribution in [0.4, 0.5) is 0 Å². The van der Waals surface area contributed by atoms with Gasteiger partial charge in [0.2, 0.25) is 0 Å². The van der Waals surface area contributed by atoms with Gasteiger partial charge in [0.05, 0.1) is 6.61 Å². The van der Waals surface area contributed by atoms with Crippen LogP contribution in [0.25, 0.3) is 10.8 Å². The monoisotopic (exact) mass is 286 g/mol. The first-order valence-corrected chi connectivity index (χ1v) is 7.60. The molecule has 2 aromatic rings. The molecule has 0 saturated heterocycles. The van der Waals surface area contributed by atoms with Crippen molar-refractivity contribution in [2.45, 2.75) is 13.0 Å². The topological polar surface area (TPSA) is 24.5 Å². The summed E-state index contributed by atoms with van der Waals surface area (Å²) in [5, 5.41) is 6.19. The summed E-state index contributed by atoms with van der Waals surface area (Å²) in [6.07, 6.45) is 0. The number of hydrogen-bond acceptors (Lipinski definition) is 3. The molecule has 0 amide bonds. The van der Waals surface area contributed by atoms with E-state index in [1.807, 2.05) is 0 Å². The zero-order chi connectivity index (χ0) is 15.1. The fourth-order valence-electron chi connectivity index (χ4n) is 2.43. The molecule has 1 unspecified atom stereocenters. The summed E-state index contributed by atoms with van der Waals surface area (Å²) in [6.45, 7) is 5.99. The lowest BCUT2D eigenvalue weighted by molar-refractivity contribution is 0.161. The quantitative estimate of drug-likeness (QED) is 0.807. The number of rotatable bonds is 8. The van der Waals surface area contributed by atoms with E-state index in [0.29, 0.717) is 6.04 Å². The zero-order valence-corrected chi connectivity index (χ0v) is 13.3. The molecule has 2 aromatic carbocycles. The number of hydrogen-bond donors (Lipinski definition) is 1. The van der Waals surface area contributed by atoms with E-state index in [2.05, 4.69) is 66.7 Å². The van der Waals surface area contributed by atoms with E-state index >= 15 is 0 Å². The van der Waals surface area contributed by atoms with Gasteiger partial charge in [-0.15, -0.1) is 0 Å². The van der Waals surface area contributed by atoms with E-state index in [1.165, 1.54) is 16.3 Å². The van der Waals surface area contributed by atoms with Gasteiger partial charge >= 0.3 is 0 Å². The van der Waals surface area contributed by atoms with E-state index in [9.17, 15) is 0 Å². The number of benzene rings is 2. The van der Waals surface area contributed by atoms with Crippen molar-refractivity contribution in [2.75, 3.05) is 40.4 Å². The molecule has 0 saturated carbocycles. The minimum absolute atomic E-state index is 0.366. The Morgan fingerprint density at radius 2 is 1.86 bits per heavy atom. The van der Waals surface area contributed by atoms with Crippen LogP contribution in [0.15, 0.2) is 42.5 Å². The van der Waals surface area contributed by atoms with Gasteiger partial charge in [0, 0.05) is 32.8 Å². The van der Waals surface area contributed by atoms with Crippen molar-refractivity contribution in [1.82, 2.24) is 10.2 Å². The minimum Gasteiger partial charge on any atom is -0.383 e. The summed E-state index contributed by atoms with van der Waals surface area (Å²) < 4.78 is 5.09.